The van der Waals surface area contributed by atoms with Crippen LogP contribution in [-0.4, -0.2) is 14.8 Å². The van der Waals surface area contributed by atoms with Gasteiger partial charge in [0.15, 0.2) is 5.82 Å². The monoisotopic (exact) mass is 205 g/mol. The second-order valence-corrected chi connectivity index (χ2v) is 3.40. The number of hydrogen-bond donors (Lipinski definition) is 0. The minimum absolute atomic E-state index is 0.169. The Morgan fingerprint density at radius 2 is 2.20 bits per heavy atom. The first-order valence-corrected chi connectivity index (χ1v) is 4.85. The lowest BCUT2D eigenvalue weighted by Crippen LogP contribution is -1.91. The zero-order chi connectivity index (χ0) is 10.8. The summed E-state index contributed by atoms with van der Waals surface area (Å²) in [6.07, 6.45) is 2.30. The lowest BCUT2D eigenvalue weighted by atomic mass is 10.1. The molecule has 0 aliphatic carbocycles. The third-order valence-electron chi connectivity index (χ3n) is 2.28. The molecule has 0 N–H and O–H groups in total. The van der Waals surface area contributed by atoms with Gasteiger partial charge in [0.2, 0.25) is 0 Å². The van der Waals surface area contributed by atoms with E-state index in [1.54, 1.807) is 30.2 Å². The minimum atomic E-state index is -0.169. The summed E-state index contributed by atoms with van der Waals surface area (Å²) in [5.41, 5.74) is 1.55. The van der Waals surface area contributed by atoms with Gasteiger partial charge in [0.1, 0.15) is 12.1 Å². The quantitative estimate of drug-likeness (QED) is 0.752. The maximum atomic E-state index is 13.2. The van der Waals surface area contributed by atoms with Crippen molar-refractivity contribution in [3.05, 3.63) is 35.9 Å². The molecule has 1 aromatic heterocycles. The summed E-state index contributed by atoms with van der Waals surface area (Å²) in [4.78, 5) is 4.12. The van der Waals surface area contributed by atoms with E-state index >= 15 is 0 Å². The molecule has 0 amide bonds. The molecule has 0 fully saturated rings. The van der Waals surface area contributed by atoms with E-state index in [2.05, 4.69) is 10.1 Å². The third kappa shape index (κ3) is 1.88. The lowest BCUT2D eigenvalue weighted by molar-refractivity contribution is 0.612. The molecule has 4 heteroatoms. The molecule has 15 heavy (non-hydrogen) atoms. The van der Waals surface area contributed by atoms with Crippen molar-refractivity contribution >= 4 is 0 Å². The van der Waals surface area contributed by atoms with Gasteiger partial charge in [0, 0.05) is 12.6 Å². The number of aromatic nitrogens is 3. The van der Waals surface area contributed by atoms with Gasteiger partial charge in [-0.05, 0) is 30.2 Å². The van der Waals surface area contributed by atoms with Crippen LogP contribution in [0, 0.1) is 5.82 Å². The zero-order valence-corrected chi connectivity index (χ0v) is 8.74. The molecule has 0 saturated heterocycles. The Morgan fingerprint density at radius 3 is 2.80 bits per heavy atom. The molecular formula is C11H12FN3. The number of aryl methyl sites for hydroxylation is 2. The molecule has 0 bridgehead atoms. The van der Waals surface area contributed by atoms with Crippen LogP contribution >= 0.6 is 0 Å². The van der Waals surface area contributed by atoms with Crippen LogP contribution in [0.4, 0.5) is 4.39 Å². The lowest BCUT2D eigenvalue weighted by Gasteiger charge is -2.01. The second kappa shape index (κ2) is 3.81. The SMILES string of the molecule is CCc1cc(-c2ncn(C)n2)ccc1F. The maximum Gasteiger partial charge on any atom is 0.181 e. The highest BCUT2D eigenvalue weighted by molar-refractivity contribution is 5.55. The van der Waals surface area contributed by atoms with Crippen LogP contribution in [0.15, 0.2) is 24.5 Å². The fourth-order valence-corrected chi connectivity index (χ4v) is 1.46. The van der Waals surface area contributed by atoms with Gasteiger partial charge >= 0.3 is 0 Å². The summed E-state index contributed by atoms with van der Waals surface area (Å²) < 4.78 is 14.9. The average Bonchev–Trinajstić information content (AvgIpc) is 2.66. The van der Waals surface area contributed by atoms with E-state index in [-0.39, 0.29) is 5.82 Å². The standard InChI is InChI=1S/C11H12FN3/c1-3-8-6-9(4-5-10(8)12)11-13-7-15(2)14-11/h4-7H,3H2,1-2H3. The third-order valence-corrected chi connectivity index (χ3v) is 2.28. The first-order valence-electron chi connectivity index (χ1n) is 4.85. The van der Waals surface area contributed by atoms with Crippen molar-refractivity contribution in [2.24, 2.45) is 7.05 Å². The summed E-state index contributed by atoms with van der Waals surface area (Å²) in [5.74, 6) is 0.462. The molecule has 0 saturated carbocycles. The Balaban J connectivity index is 2.45. The number of benzene rings is 1. The Morgan fingerprint density at radius 1 is 1.40 bits per heavy atom. The summed E-state index contributed by atoms with van der Waals surface area (Å²) in [7, 11) is 1.81. The van der Waals surface area contributed by atoms with E-state index in [0.717, 1.165) is 5.56 Å². The van der Waals surface area contributed by atoms with Crippen LogP contribution in [0.2, 0.25) is 0 Å². The minimum Gasteiger partial charge on any atom is -0.255 e. The summed E-state index contributed by atoms with van der Waals surface area (Å²) in [6, 6.07) is 4.96. The van der Waals surface area contributed by atoms with Crippen LogP contribution in [0.1, 0.15) is 12.5 Å². The van der Waals surface area contributed by atoms with Crippen LogP contribution in [0.5, 0.6) is 0 Å². The zero-order valence-electron chi connectivity index (χ0n) is 8.74. The van der Waals surface area contributed by atoms with E-state index in [0.29, 0.717) is 17.8 Å². The van der Waals surface area contributed by atoms with Gasteiger partial charge in [0.25, 0.3) is 0 Å². The van der Waals surface area contributed by atoms with Gasteiger partial charge in [-0.1, -0.05) is 6.92 Å². The number of halogens is 1. The summed E-state index contributed by atoms with van der Waals surface area (Å²) >= 11 is 0. The van der Waals surface area contributed by atoms with Gasteiger partial charge in [-0.25, -0.2) is 9.37 Å². The van der Waals surface area contributed by atoms with Crippen molar-refractivity contribution in [2.75, 3.05) is 0 Å². The van der Waals surface area contributed by atoms with Gasteiger partial charge in [-0.3, -0.25) is 4.68 Å². The largest absolute Gasteiger partial charge is 0.255 e. The smallest absolute Gasteiger partial charge is 0.181 e. The van der Waals surface area contributed by atoms with E-state index in [1.807, 2.05) is 6.92 Å². The Kier molecular flexibility index (Phi) is 2.49. The fraction of sp³-hybridized carbons (Fsp3) is 0.273. The summed E-state index contributed by atoms with van der Waals surface area (Å²) in [6.45, 7) is 1.92. The fourth-order valence-electron chi connectivity index (χ4n) is 1.46. The highest BCUT2D eigenvalue weighted by Gasteiger charge is 2.06. The molecule has 78 valence electrons. The predicted molar refractivity (Wildman–Crippen MR) is 55.8 cm³/mol. The first kappa shape index (κ1) is 9.83. The van der Waals surface area contributed by atoms with Gasteiger partial charge < -0.3 is 0 Å². The highest BCUT2D eigenvalue weighted by Crippen LogP contribution is 2.18. The van der Waals surface area contributed by atoms with Crippen molar-refractivity contribution in [1.82, 2.24) is 14.8 Å². The van der Waals surface area contributed by atoms with Crippen LogP contribution in [-0.2, 0) is 13.5 Å². The Bertz CT molecular complexity index is 476. The van der Waals surface area contributed by atoms with Crippen LogP contribution < -0.4 is 0 Å². The Hall–Kier alpha value is -1.71. The van der Waals surface area contributed by atoms with Crippen molar-refractivity contribution in [2.45, 2.75) is 13.3 Å². The first-order chi connectivity index (χ1) is 7.20. The van der Waals surface area contributed by atoms with Gasteiger partial charge in [-0.15, -0.1) is 0 Å². The number of hydrogen-bond acceptors (Lipinski definition) is 2. The molecule has 2 aromatic rings. The average molecular weight is 205 g/mol. The van der Waals surface area contributed by atoms with Crippen LogP contribution in [0.3, 0.4) is 0 Å². The summed E-state index contributed by atoms with van der Waals surface area (Å²) in [5, 5.41) is 4.17. The molecule has 1 aromatic carbocycles. The molecule has 0 radical (unpaired) electrons. The normalized spacial score (nSPS) is 10.6. The van der Waals surface area contributed by atoms with Crippen molar-refractivity contribution < 1.29 is 4.39 Å². The number of nitrogens with zero attached hydrogens (tertiary/aromatic N) is 3. The molecule has 0 spiro atoms. The molecule has 0 atom stereocenters. The van der Waals surface area contributed by atoms with Crippen molar-refractivity contribution in [3.8, 4) is 11.4 Å². The van der Waals surface area contributed by atoms with Gasteiger partial charge in [-0.2, -0.15) is 5.10 Å². The topological polar surface area (TPSA) is 30.7 Å². The molecular weight excluding hydrogens is 193 g/mol. The molecule has 0 unspecified atom stereocenters. The van der Waals surface area contributed by atoms with Gasteiger partial charge in [0.05, 0.1) is 0 Å². The molecule has 0 aliphatic heterocycles. The van der Waals surface area contributed by atoms with Crippen molar-refractivity contribution in [3.63, 3.8) is 0 Å². The van der Waals surface area contributed by atoms with Crippen LogP contribution in [0.25, 0.3) is 11.4 Å². The van der Waals surface area contributed by atoms with E-state index < -0.39 is 0 Å². The van der Waals surface area contributed by atoms with E-state index in [1.165, 1.54) is 6.07 Å². The van der Waals surface area contributed by atoms with E-state index in [4.69, 9.17) is 0 Å². The Labute approximate surface area is 87.6 Å². The van der Waals surface area contributed by atoms with Crippen molar-refractivity contribution in [1.29, 1.82) is 0 Å². The number of rotatable bonds is 2. The molecule has 2 rings (SSSR count). The highest BCUT2D eigenvalue weighted by atomic mass is 19.1. The second-order valence-electron chi connectivity index (χ2n) is 3.40. The molecule has 1 heterocycles. The predicted octanol–water partition coefficient (Wildman–Crippen LogP) is 2.18. The van der Waals surface area contributed by atoms with E-state index in [9.17, 15) is 4.39 Å². The molecule has 0 aliphatic rings. The maximum absolute atomic E-state index is 13.2. The molecule has 3 nitrogen and oxygen atoms in total.